The first kappa shape index (κ1) is 20.8. The van der Waals surface area contributed by atoms with Crippen LogP contribution >= 0.6 is 22.9 Å². The summed E-state index contributed by atoms with van der Waals surface area (Å²) < 4.78 is 32.8. The average Bonchev–Trinajstić information content (AvgIpc) is 3.04. The number of carboxylic acids is 1. The molecule has 0 aliphatic carbocycles. The van der Waals surface area contributed by atoms with Crippen LogP contribution in [0.5, 0.6) is 17.2 Å². The quantitative estimate of drug-likeness (QED) is 0.441. The highest BCUT2D eigenvalue weighted by Gasteiger charge is 2.22. The number of ether oxygens (including phenoxy) is 1. The molecule has 0 radical (unpaired) electrons. The number of sulfonamides is 1. The Labute approximate surface area is 174 Å². The number of phenolic OH excluding ortho intramolecular Hbond substituents is 1. The molecule has 0 aliphatic heterocycles. The Kier molecular flexibility index (Phi) is 5.60. The molecule has 0 unspecified atom stereocenters. The molecule has 0 bridgehead atoms. The van der Waals surface area contributed by atoms with Crippen molar-refractivity contribution >= 4 is 44.6 Å². The minimum Gasteiger partial charge on any atom is -0.507 e. The van der Waals surface area contributed by atoms with Gasteiger partial charge in [0.25, 0.3) is 10.0 Å². The Balaban J connectivity index is 1.94. The summed E-state index contributed by atoms with van der Waals surface area (Å²) >= 11 is 7.04. The number of carboxylic acid groups (broad SMARTS) is 1. The van der Waals surface area contributed by atoms with Crippen molar-refractivity contribution in [3.63, 3.8) is 0 Å². The number of phenols is 2. The zero-order chi connectivity index (χ0) is 21.3. The number of thiophene rings is 1. The van der Waals surface area contributed by atoms with Crippen LogP contribution < -0.4 is 9.46 Å². The van der Waals surface area contributed by atoms with E-state index in [1.54, 1.807) is 6.07 Å². The molecule has 4 N–H and O–H groups in total. The van der Waals surface area contributed by atoms with E-state index >= 15 is 0 Å². The van der Waals surface area contributed by atoms with Crippen molar-refractivity contribution in [3.05, 3.63) is 52.4 Å². The maximum Gasteiger partial charge on any atom is 0.339 e. The standard InChI is InChI=1S/C18H14ClNO7S2/c1-27-15-6-9(2-5-13(15)21)12-8-16(28-17(12)19)29(25,26)20-10-3-4-11(18(23)24)14(22)7-10/h2-8,20-22H,1H3,(H,23,24). The van der Waals surface area contributed by atoms with Crippen molar-refractivity contribution < 1.29 is 33.3 Å². The Morgan fingerprint density at radius 1 is 1.10 bits per heavy atom. The maximum atomic E-state index is 12.7. The lowest BCUT2D eigenvalue weighted by Gasteiger charge is -2.08. The number of benzene rings is 2. The predicted octanol–water partition coefficient (Wildman–Crippen LogP) is 3.99. The summed E-state index contributed by atoms with van der Waals surface area (Å²) in [4.78, 5) is 10.9. The van der Waals surface area contributed by atoms with Gasteiger partial charge in [-0.3, -0.25) is 4.72 Å². The van der Waals surface area contributed by atoms with Gasteiger partial charge in [0.15, 0.2) is 11.5 Å². The predicted molar refractivity (Wildman–Crippen MR) is 109 cm³/mol. The van der Waals surface area contributed by atoms with Gasteiger partial charge in [-0.2, -0.15) is 0 Å². The summed E-state index contributed by atoms with van der Waals surface area (Å²) in [6, 6.07) is 9.18. The maximum absolute atomic E-state index is 12.7. The Hall–Kier alpha value is -2.95. The third-order valence-electron chi connectivity index (χ3n) is 3.90. The molecule has 1 aromatic heterocycles. The van der Waals surface area contributed by atoms with Crippen LogP contribution in [0.25, 0.3) is 11.1 Å². The highest BCUT2D eigenvalue weighted by molar-refractivity contribution is 7.94. The van der Waals surface area contributed by atoms with Crippen molar-refractivity contribution in [2.45, 2.75) is 4.21 Å². The second kappa shape index (κ2) is 7.82. The second-order valence-electron chi connectivity index (χ2n) is 5.78. The molecular weight excluding hydrogens is 442 g/mol. The molecule has 29 heavy (non-hydrogen) atoms. The summed E-state index contributed by atoms with van der Waals surface area (Å²) in [5.41, 5.74) is 0.616. The third kappa shape index (κ3) is 4.24. The first-order chi connectivity index (χ1) is 13.6. The van der Waals surface area contributed by atoms with E-state index in [0.717, 1.165) is 23.5 Å². The Bertz CT molecular complexity index is 1200. The Morgan fingerprint density at radius 2 is 1.83 bits per heavy atom. The molecule has 11 heteroatoms. The minimum absolute atomic E-state index is 0.00937. The van der Waals surface area contributed by atoms with Gasteiger partial charge in [-0.15, -0.1) is 11.3 Å². The zero-order valence-corrected chi connectivity index (χ0v) is 17.1. The summed E-state index contributed by atoms with van der Waals surface area (Å²) in [5.74, 6) is -1.77. The summed E-state index contributed by atoms with van der Waals surface area (Å²) in [6.07, 6.45) is 0. The topological polar surface area (TPSA) is 133 Å². The van der Waals surface area contributed by atoms with Gasteiger partial charge in [0.2, 0.25) is 0 Å². The second-order valence-corrected chi connectivity index (χ2v) is 9.35. The number of methoxy groups -OCH3 is 1. The Morgan fingerprint density at radius 3 is 2.45 bits per heavy atom. The van der Waals surface area contributed by atoms with Crippen LogP contribution in [0.3, 0.4) is 0 Å². The molecule has 8 nitrogen and oxygen atoms in total. The smallest absolute Gasteiger partial charge is 0.339 e. The first-order valence-electron chi connectivity index (χ1n) is 7.88. The fourth-order valence-electron chi connectivity index (χ4n) is 2.50. The molecule has 0 aliphatic rings. The fraction of sp³-hybridized carbons (Fsp3) is 0.0556. The van der Waals surface area contributed by atoms with E-state index in [-0.39, 0.29) is 31.3 Å². The van der Waals surface area contributed by atoms with E-state index in [1.807, 2.05) is 0 Å². The lowest BCUT2D eigenvalue weighted by Crippen LogP contribution is -2.11. The van der Waals surface area contributed by atoms with Crippen LogP contribution in [-0.2, 0) is 10.0 Å². The highest BCUT2D eigenvalue weighted by Crippen LogP contribution is 2.41. The molecule has 152 valence electrons. The van der Waals surface area contributed by atoms with E-state index in [1.165, 1.54) is 31.4 Å². The molecule has 3 rings (SSSR count). The van der Waals surface area contributed by atoms with Crippen molar-refractivity contribution in [1.29, 1.82) is 0 Å². The normalized spacial score (nSPS) is 11.2. The minimum atomic E-state index is -4.05. The number of anilines is 1. The summed E-state index contributed by atoms with van der Waals surface area (Å²) in [7, 11) is -2.66. The number of aromatic carboxylic acids is 1. The van der Waals surface area contributed by atoms with Crippen molar-refractivity contribution in [2.24, 2.45) is 0 Å². The van der Waals surface area contributed by atoms with Crippen molar-refractivity contribution in [2.75, 3.05) is 11.8 Å². The van der Waals surface area contributed by atoms with E-state index in [4.69, 9.17) is 21.4 Å². The lowest BCUT2D eigenvalue weighted by molar-refractivity contribution is 0.0693. The molecule has 3 aromatic rings. The molecule has 0 saturated heterocycles. The van der Waals surface area contributed by atoms with Gasteiger partial charge in [-0.25, -0.2) is 13.2 Å². The van der Waals surface area contributed by atoms with Crippen LogP contribution in [-0.4, -0.2) is 36.8 Å². The fourth-order valence-corrected chi connectivity index (χ4v) is 5.32. The SMILES string of the molecule is COc1cc(-c2cc(S(=O)(=O)Nc3ccc(C(=O)O)c(O)c3)sc2Cl)ccc1O. The van der Waals surface area contributed by atoms with Gasteiger partial charge >= 0.3 is 5.97 Å². The number of halogens is 1. The first-order valence-corrected chi connectivity index (χ1v) is 10.6. The largest absolute Gasteiger partial charge is 0.507 e. The van der Waals surface area contributed by atoms with Crippen LogP contribution in [0.2, 0.25) is 4.34 Å². The molecule has 0 amide bonds. The highest BCUT2D eigenvalue weighted by atomic mass is 35.5. The van der Waals surface area contributed by atoms with Crippen LogP contribution in [0.15, 0.2) is 46.7 Å². The van der Waals surface area contributed by atoms with Crippen molar-refractivity contribution in [1.82, 2.24) is 0 Å². The summed E-state index contributed by atoms with van der Waals surface area (Å²) in [6.45, 7) is 0. The molecule has 0 fully saturated rings. The van der Waals surface area contributed by atoms with Crippen LogP contribution in [0.4, 0.5) is 5.69 Å². The molecular formula is C18H14ClNO7S2. The monoisotopic (exact) mass is 455 g/mol. The van der Waals surface area contributed by atoms with E-state index in [9.17, 15) is 23.4 Å². The summed E-state index contributed by atoms with van der Waals surface area (Å²) in [5, 5.41) is 28.4. The number of nitrogens with one attached hydrogen (secondary N) is 1. The number of rotatable bonds is 6. The van der Waals surface area contributed by atoms with E-state index < -0.39 is 21.7 Å². The molecule has 0 spiro atoms. The van der Waals surface area contributed by atoms with E-state index in [2.05, 4.69) is 4.72 Å². The van der Waals surface area contributed by atoms with Gasteiger partial charge in [0.1, 0.15) is 19.9 Å². The van der Waals surface area contributed by atoms with Gasteiger partial charge in [0.05, 0.1) is 12.8 Å². The van der Waals surface area contributed by atoms with Gasteiger partial charge in [-0.1, -0.05) is 17.7 Å². The number of hydrogen-bond donors (Lipinski definition) is 4. The number of aromatic hydroxyl groups is 2. The molecule has 0 saturated carbocycles. The van der Waals surface area contributed by atoms with Crippen LogP contribution in [0, 0.1) is 0 Å². The van der Waals surface area contributed by atoms with Gasteiger partial charge in [0, 0.05) is 11.6 Å². The third-order valence-corrected chi connectivity index (χ3v) is 7.11. The van der Waals surface area contributed by atoms with E-state index in [0.29, 0.717) is 11.1 Å². The van der Waals surface area contributed by atoms with Gasteiger partial charge < -0.3 is 20.1 Å². The van der Waals surface area contributed by atoms with Crippen LogP contribution in [0.1, 0.15) is 10.4 Å². The lowest BCUT2D eigenvalue weighted by atomic mass is 10.1. The van der Waals surface area contributed by atoms with Gasteiger partial charge in [-0.05, 0) is 35.9 Å². The van der Waals surface area contributed by atoms with Crippen molar-refractivity contribution in [3.8, 4) is 28.4 Å². The number of carbonyl (C=O) groups is 1. The molecule has 2 aromatic carbocycles. The molecule has 1 heterocycles. The zero-order valence-electron chi connectivity index (χ0n) is 14.7. The number of hydrogen-bond acceptors (Lipinski definition) is 7. The average molecular weight is 456 g/mol. The molecule has 0 atom stereocenters.